The van der Waals surface area contributed by atoms with E-state index >= 15 is 0 Å². The molecule has 136 valence electrons. The van der Waals surface area contributed by atoms with Gasteiger partial charge in [0.25, 0.3) is 0 Å². The minimum absolute atomic E-state index is 0.245. The number of aryl methyl sites for hydroxylation is 1. The molecule has 0 unspecified atom stereocenters. The first kappa shape index (κ1) is 18.7. The van der Waals surface area contributed by atoms with Crippen LogP contribution in [0.15, 0.2) is 18.2 Å². The van der Waals surface area contributed by atoms with Crippen molar-refractivity contribution in [1.82, 2.24) is 26.0 Å². The number of alkyl carbamates (subject to hydrolysis) is 1. The average Bonchev–Trinajstić information content (AvgIpc) is 3.00. The van der Waals surface area contributed by atoms with Crippen LogP contribution in [0.4, 0.5) is 4.79 Å². The number of hydrogen-bond acceptors (Lipinski definition) is 5. The molecular weight excluding hydrogens is 322 g/mol. The molecule has 0 saturated heterocycles. The summed E-state index contributed by atoms with van der Waals surface area (Å²) in [5.41, 5.74) is 2.16. The summed E-state index contributed by atoms with van der Waals surface area (Å²) in [7, 11) is 1.54. The zero-order chi connectivity index (χ0) is 18.4. The highest BCUT2D eigenvalue weighted by Gasteiger charge is 2.23. The maximum atomic E-state index is 12.0. The number of fused-ring (bicyclic) bond motifs is 1. The third kappa shape index (κ3) is 5.44. The molecule has 0 aliphatic carbocycles. The van der Waals surface area contributed by atoms with E-state index in [0.29, 0.717) is 12.8 Å². The Bertz CT molecular complexity index is 735. The van der Waals surface area contributed by atoms with Gasteiger partial charge in [0.15, 0.2) is 0 Å². The highest BCUT2D eigenvalue weighted by Crippen LogP contribution is 2.16. The molecule has 1 heterocycles. The SMILES string of the molecule is CNC(=O)[C@H](CCCc1cccc2[nH]nnc12)NC(=O)OC(C)(C)C. The van der Waals surface area contributed by atoms with E-state index in [0.717, 1.165) is 23.0 Å². The Labute approximate surface area is 146 Å². The summed E-state index contributed by atoms with van der Waals surface area (Å²) in [5.74, 6) is -0.245. The van der Waals surface area contributed by atoms with Crippen LogP contribution in [0.5, 0.6) is 0 Å². The van der Waals surface area contributed by atoms with Gasteiger partial charge in [-0.3, -0.25) is 9.89 Å². The van der Waals surface area contributed by atoms with Crippen molar-refractivity contribution >= 4 is 23.0 Å². The lowest BCUT2D eigenvalue weighted by Gasteiger charge is -2.23. The number of amides is 2. The van der Waals surface area contributed by atoms with E-state index in [4.69, 9.17) is 4.74 Å². The number of aromatic nitrogens is 3. The number of nitrogens with one attached hydrogen (secondary N) is 3. The summed E-state index contributed by atoms with van der Waals surface area (Å²) in [6.45, 7) is 5.33. The number of aromatic amines is 1. The average molecular weight is 347 g/mol. The summed E-state index contributed by atoms with van der Waals surface area (Å²) >= 11 is 0. The number of carbonyl (C=O) groups excluding carboxylic acids is 2. The number of hydrogen-bond donors (Lipinski definition) is 3. The first-order valence-electron chi connectivity index (χ1n) is 8.30. The molecule has 0 aliphatic heterocycles. The summed E-state index contributed by atoms with van der Waals surface area (Å²) in [4.78, 5) is 23.9. The summed E-state index contributed by atoms with van der Waals surface area (Å²) in [6.07, 6.45) is 1.33. The van der Waals surface area contributed by atoms with E-state index < -0.39 is 17.7 Å². The van der Waals surface area contributed by atoms with E-state index in [1.54, 1.807) is 27.8 Å². The number of H-pyrrole nitrogens is 1. The maximum Gasteiger partial charge on any atom is 0.408 e. The van der Waals surface area contributed by atoms with Crippen LogP contribution < -0.4 is 10.6 Å². The molecule has 2 aromatic rings. The summed E-state index contributed by atoms with van der Waals surface area (Å²) in [5, 5.41) is 15.9. The molecule has 0 fully saturated rings. The topological polar surface area (TPSA) is 109 Å². The Morgan fingerprint density at radius 3 is 2.76 bits per heavy atom. The van der Waals surface area contributed by atoms with Crippen LogP contribution in [-0.4, -0.2) is 46.1 Å². The molecule has 8 nitrogen and oxygen atoms in total. The van der Waals surface area contributed by atoms with Crippen LogP contribution in [0, 0.1) is 0 Å². The van der Waals surface area contributed by atoms with Gasteiger partial charge in [-0.05, 0) is 51.7 Å². The Morgan fingerprint density at radius 2 is 2.08 bits per heavy atom. The summed E-state index contributed by atoms with van der Waals surface area (Å²) in [6, 6.07) is 5.20. The first-order chi connectivity index (χ1) is 11.8. The molecule has 2 amide bonds. The van der Waals surface area contributed by atoms with E-state index in [2.05, 4.69) is 26.0 Å². The highest BCUT2D eigenvalue weighted by atomic mass is 16.6. The maximum absolute atomic E-state index is 12.0. The molecule has 1 aromatic carbocycles. The van der Waals surface area contributed by atoms with Crippen molar-refractivity contribution in [2.24, 2.45) is 0 Å². The molecule has 1 aromatic heterocycles. The third-order valence-electron chi connectivity index (χ3n) is 3.63. The summed E-state index contributed by atoms with van der Waals surface area (Å²) < 4.78 is 5.22. The quantitative estimate of drug-likeness (QED) is 0.740. The molecule has 0 bridgehead atoms. The van der Waals surface area contributed by atoms with E-state index in [9.17, 15) is 9.59 Å². The lowest BCUT2D eigenvalue weighted by Crippen LogP contribution is -2.47. The second kappa shape index (κ2) is 7.96. The van der Waals surface area contributed by atoms with Crippen molar-refractivity contribution in [2.75, 3.05) is 7.05 Å². The zero-order valence-electron chi connectivity index (χ0n) is 15.0. The van der Waals surface area contributed by atoms with Crippen molar-refractivity contribution in [2.45, 2.75) is 51.7 Å². The van der Waals surface area contributed by atoms with E-state index in [-0.39, 0.29) is 5.91 Å². The number of benzene rings is 1. The number of carbonyl (C=O) groups is 2. The van der Waals surface area contributed by atoms with Crippen LogP contribution in [0.2, 0.25) is 0 Å². The van der Waals surface area contributed by atoms with Gasteiger partial charge in [0.1, 0.15) is 17.2 Å². The molecule has 1 atom stereocenters. The van der Waals surface area contributed by atoms with Crippen molar-refractivity contribution < 1.29 is 14.3 Å². The normalized spacial score (nSPS) is 12.6. The van der Waals surface area contributed by atoms with Gasteiger partial charge in [-0.1, -0.05) is 17.3 Å². The van der Waals surface area contributed by atoms with Gasteiger partial charge in [0.05, 0.1) is 5.52 Å². The Morgan fingerprint density at radius 1 is 1.32 bits per heavy atom. The second-order valence-electron chi connectivity index (χ2n) is 6.83. The van der Waals surface area contributed by atoms with Crippen LogP contribution >= 0.6 is 0 Å². The predicted octanol–water partition coefficient (Wildman–Crippen LogP) is 1.92. The molecule has 0 aliphatic rings. The van der Waals surface area contributed by atoms with Gasteiger partial charge < -0.3 is 15.4 Å². The van der Waals surface area contributed by atoms with Gasteiger partial charge in [0.2, 0.25) is 5.91 Å². The molecule has 0 saturated carbocycles. The minimum atomic E-state index is -0.642. The van der Waals surface area contributed by atoms with Crippen molar-refractivity contribution in [3.05, 3.63) is 23.8 Å². The monoisotopic (exact) mass is 347 g/mol. The van der Waals surface area contributed by atoms with Gasteiger partial charge in [-0.2, -0.15) is 0 Å². The molecule has 2 rings (SSSR count). The fourth-order valence-corrected chi connectivity index (χ4v) is 2.52. The van der Waals surface area contributed by atoms with Crippen molar-refractivity contribution in [3.8, 4) is 0 Å². The predicted molar refractivity (Wildman–Crippen MR) is 94.1 cm³/mol. The molecule has 0 radical (unpaired) electrons. The Hall–Kier alpha value is -2.64. The standard InChI is InChI=1S/C17H25N5O3/c1-17(2,3)25-16(24)19-13(15(23)18-4)10-6-8-11-7-5-9-12-14(11)21-22-20-12/h5,7,9,13H,6,8,10H2,1-4H3,(H,18,23)(H,19,24)(H,20,21,22)/t13-/m0/s1. The van der Waals surface area contributed by atoms with Crippen molar-refractivity contribution in [1.29, 1.82) is 0 Å². The number of ether oxygens (including phenoxy) is 1. The second-order valence-corrected chi connectivity index (χ2v) is 6.83. The van der Waals surface area contributed by atoms with Crippen LogP contribution in [-0.2, 0) is 16.0 Å². The lowest BCUT2D eigenvalue weighted by atomic mass is 10.0. The zero-order valence-corrected chi connectivity index (χ0v) is 15.0. The smallest absolute Gasteiger partial charge is 0.408 e. The van der Waals surface area contributed by atoms with Gasteiger partial charge in [-0.25, -0.2) is 4.79 Å². The van der Waals surface area contributed by atoms with Crippen LogP contribution in [0.1, 0.15) is 39.2 Å². The molecule has 0 spiro atoms. The number of rotatable bonds is 6. The van der Waals surface area contributed by atoms with Crippen LogP contribution in [0.3, 0.4) is 0 Å². The number of likely N-dealkylation sites (N-methyl/N-ethyl adjacent to an activating group) is 1. The Kier molecular flexibility index (Phi) is 5.95. The van der Waals surface area contributed by atoms with Crippen molar-refractivity contribution in [3.63, 3.8) is 0 Å². The van der Waals surface area contributed by atoms with Gasteiger partial charge in [0, 0.05) is 7.05 Å². The van der Waals surface area contributed by atoms with Gasteiger partial charge in [-0.15, -0.1) is 5.10 Å². The fraction of sp³-hybridized carbons (Fsp3) is 0.529. The molecule has 8 heteroatoms. The van der Waals surface area contributed by atoms with E-state index in [1.165, 1.54) is 0 Å². The molecular formula is C17H25N5O3. The molecule has 3 N–H and O–H groups in total. The first-order valence-corrected chi connectivity index (χ1v) is 8.30. The number of nitrogens with zero attached hydrogens (tertiary/aromatic N) is 2. The van der Waals surface area contributed by atoms with Gasteiger partial charge >= 0.3 is 6.09 Å². The van der Waals surface area contributed by atoms with E-state index in [1.807, 2.05) is 18.2 Å². The largest absolute Gasteiger partial charge is 0.444 e. The van der Waals surface area contributed by atoms with Crippen LogP contribution in [0.25, 0.3) is 11.0 Å². The molecule has 25 heavy (non-hydrogen) atoms. The highest BCUT2D eigenvalue weighted by molar-refractivity contribution is 5.85. The minimum Gasteiger partial charge on any atom is -0.444 e. The third-order valence-corrected chi connectivity index (χ3v) is 3.63. The lowest BCUT2D eigenvalue weighted by molar-refractivity contribution is -0.122. The fourth-order valence-electron chi connectivity index (χ4n) is 2.52. The Balaban J connectivity index is 1.95.